The van der Waals surface area contributed by atoms with E-state index < -0.39 is 0 Å². The molecule has 3 rings (SSSR count). The first kappa shape index (κ1) is 15.4. The van der Waals surface area contributed by atoms with Crippen LogP contribution in [-0.4, -0.2) is 19.7 Å². The predicted octanol–water partition coefficient (Wildman–Crippen LogP) is 2.44. The maximum Gasteiger partial charge on any atom is 0.137 e. The molecule has 3 aromatic rings. The molecule has 0 N–H and O–H groups in total. The third-order valence-electron chi connectivity index (χ3n) is 3.79. The number of aromatic nitrogens is 4. The zero-order chi connectivity index (χ0) is 16.8. The van der Waals surface area contributed by atoms with Gasteiger partial charge in [-0.25, -0.2) is 4.98 Å². The van der Waals surface area contributed by atoms with Crippen molar-refractivity contribution in [3.63, 3.8) is 0 Å². The van der Waals surface area contributed by atoms with Crippen LogP contribution in [0.2, 0.25) is 0 Å². The van der Waals surface area contributed by atoms with Crippen LogP contribution in [0.4, 0.5) is 0 Å². The second-order valence-electron chi connectivity index (χ2n) is 5.40. The number of pyridine rings is 1. The summed E-state index contributed by atoms with van der Waals surface area (Å²) in [7, 11) is 0. The van der Waals surface area contributed by atoms with Crippen LogP contribution in [-0.2, 0) is 13.0 Å². The summed E-state index contributed by atoms with van der Waals surface area (Å²) in [5.41, 5.74) is 3.19. The van der Waals surface area contributed by atoms with Gasteiger partial charge in [0.25, 0.3) is 0 Å². The summed E-state index contributed by atoms with van der Waals surface area (Å²) in [6.45, 7) is 0.660. The molecule has 6 nitrogen and oxygen atoms in total. The predicted molar refractivity (Wildman–Crippen MR) is 86.6 cm³/mol. The van der Waals surface area contributed by atoms with E-state index >= 15 is 0 Å². The number of hydrogen-bond acceptors (Lipinski definition) is 5. The molecule has 0 aliphatic carbocycles. The Morgan fingerprint density at radius 3 is 2.33 bits per heavy atom. The van der Waals surface area contributed by atoms with E-state index in [9.17, 15) is 0 Å². The highest BCUT2D eigenvalue weighted by Gasteiger charge is 2.15. The molecule has 116 valence electrons. The maximum atomic E-state index is 8.95. The minimum atomic E-state index is 0.139. The van der Waals surface area contributed by atoms with Crippen molar-refractivity contribution in [3.05, 3.63) is 77.6 Å². The summed E-state index contributed by atoms with van der Waals surface area (Å²) in [5.74, 6) is 0.139. The van der Waals surface area contributed by atoms with Gasteiger partial charge in [-0.15, -0.1) is 0 Å². The van der Waals surface area contributed by atoms with E-state index in [1.807, 2.05) is 30.3 Å². The van der Waals surface area contributed by atoms with Crippen LogP contribution in [0.25, 0.3) is 0 Å². The molecule has 0 bridgehead atoms. The second kappa shape index (κ2) is 7.17. The SMILES string of the molecule is N#Cc1ccc(C(Cc2ccc(C#N)cn2)Cn2cncn2)cc1. The molecule has 0 amide bonds. The van der Waals surface area contributed by atoms with Crippen molar-refractivity contribution in [1.82, 2.24) is 19.7 Å². The van der Waals surface area contributed by atoms with Crippen molar-refractivity contribution >= 4 is 0 Å². The van der Waals surface area contributed by atoms with E-state index in [1.165, 1.54) is 6.33 Å². The zero-order valence-electron chi connectivity index (χ0n) is 12.9. The van der Waals surface area contributed by atoms with Gasteiger partial charge in [-0.05, 0) is 36.2 Å². The van der Waals surface area contributed by atoms with Gasteiger partial charge in [0.2, 0.25) is 0 Å². The molecule has 0 aliphatic rings. The smallest absolute Gasteiger partial charge is 0.137 e. The average molecular weight is 314 g/mol. The fraction of sp³-hybridized carbons (Fsp3) is 0.167. The van der Waals surface area contributed by atoms with Crippen molar-refractivity contribution in [1.29, 1.82) is 10.5 Å². The lowest BCUT2D eigenvalue weighted by Gasteiger charge is -2.17. The van der Waals surface area contributed by atoms with Gasteiger partial charge in [-0.1, -0.05) is 12.1 Å². The van der Waals surface area contributed by atoms with E-state index in [1.54, 1.807) is 23.3 Å². The first-order valence-electron chi connectivity index (χ1n) is 7.46. The molecule has 1 unspecified atom stereocenters. The van der Waals surface area contributed by atoms with E-state index in [0.29, 0.717) is 24.1 Å². The largest absolute Gasteiger partial charge is 0.260 e. The van der Waals surface area contributed by atoms with Crippen LogP contribution in [0.3, 0.4) is 0 Å². The molecular formula is C18H14N6. The molecular weight excluding hydrogens is 300 g/mol. The lowest BCUT2D eigenvalue weighted by Crippen LogP contribution is -2.13. The van der Waals surface area contributed by atoms with E-state index in [2.05, 4.69) is 27.2 Å². The van der Waals surface area contributed by atoms with E-state index in [4.69, 9.17) is 10.5 Å². The average Bonchev–Trinajstić information content (AvgIpc) is 3.15. The summed E-state index contributed by atoms with van der Waals surface area (Å²) < 4.78 is 1.78. The van der Waals surface area contributed by atoms with Crippen LogP contribution >= 0.6 is 0 Å². The number of benzene rings is 1. The highest BCUT2D eigenvalue weighted by atomic mass is 15.3. The van der Waals surface area contributed by atoms with Crippen molar-refractivity contribution < 1.29 is 0 Å². The van der Waals surface area contributed by atoms with Crippen LogP contribution in [0.5, 0.6) is 0 Å². The topological polar surface area (TPSA) is 91.2 Å². The molecule has 2 aromatic heterocycles. The number of nitrogens with zero attached hydrogens (tertiary/aromatic N) is 6. The van der Waals surface area contributed by atoms with Gasteiger partial charge >= 0.3 is 0 Å². The van der Waals surface area contributed by atoms with E-state index in [-0.39, 0.29) is 5.92 Å². The molecule has 6 heteroatoms. The zero-order valence-corrected chi connectivity index (χ0v) is 12.9. The lowest BCUT2D eigenvalue weighted by molar-refractivity contribution is 0.508. The van der Waals surface area contributed by atoms with Gasteiger partial charge in [0, 0.05) is 24.4 Å². The van der Waals surface area contributed by atoms with Crippen LogP contribution in [0.15, 0.2) is 55.2 Å². The Kier molecular flexibility index (Phi) is 4.60. The minimum Gasteiger partial charge on any atom is -0.260 e. The molecule has 1 atom stereocenters. The van der Waals surface area contributed by atoms with Gasteiger partial charge in [0.1, 0.15) is 18.7 Å². The molecule has 1 aromatic carbocycles. The maximum absolute atomic E-state index is 8.95. The van der Waals surface area contributed by atoms with Gasteiger partial charge in [-0.3, -0.25) is 9.67 Å². The Bertz CT molecular complexity index is 867. The molecule has 24 heavy (non-hydrogen) atoms. The van der Waals surface area contributed by atoms with Crippen molar-refractivity contribution in [2.45, 2.75) is 18.9 Å². The lowest BCUT2D eigenvalue weighted by atomic mass is 9.93. The Balaban J connectivity index is 1.85. The Hall–Kier alpha value is -3.51. The molecule has 2 heterocycles. The number of hydrogen-bond donors (Lipinski definition) is 0. The van der Waals surface area contributed by atoms with Gasteiger partial charge in [0.15, 0.2) is 0 Å². The second-order valence-corrected chi connectivity index (χ2v) is 5.40. The summed E-state index contributed by atoms with van der Waals surface area (Å²) in [6, 6.07) is 15.4. The highest BCUT2D eigenvalue weighted by Crippen LogP contribution is 2.22. The molecule has 0 aliphatic heterocycles. The monoisotopic (exact) mass is 314 g/mol. The van der Waals surface area contributed by atoms with E-state index in [0.717, 1.165) is 11.3 Å². The number of nitriles is 2. The fourth-order valence-electron chi connectivity index (χ4n) is 2.53. The van der Waals surface area contributed by atoms with Gasteiger partial charge < -0.3 is 0 Å². The van der Waals surface area contributed by atoms with Crippen LogP contribution in [0, 0.1) is 22.7 Å². The third kappa shape index (κ3) is 3.63. The van der Waals surface area contributed by atoms with Crippen LogP contribution in [0.1, 0.15) is 28.3 Å². The van der Waals surface area contributed by atoms with Crippen molar-refractivity contribution in [2.75, 3.05) is 0 Å². The molecule has 0 radical (unpaired) electrons. The first-order chi connectivity index (χ1) is 11.8. The Morgan fingerprint density at radius 2 is 1.75 bits per heavy atom. The number of rotatable bonds is 5. The highest BCUT2D eigenvalue weighted by molar-refractivity contribution is 5.34. The molecule has 0 saturated heterocycles. The standard InChI is InChI=1S/C18H14N6/c19-8-14-1-4-16(5-2-14)17(11-24-13-21-12-23-24)7-18-6-3-15(9-20)10-22-18/h1-6,10,12-13,17H,7,11H2. The molecule has 0 spiro atoms. The molecule has 0 fully saturated rings. The fourth-order valence-corrected chi connectivity index (χ4v) is 2.53. The normalized spacial score (nSPS) is 11.4. The minimum absolute atomic E-state index is 0.139. The van der Waals surface area contributed by atoms with Crippen molar-refractivity contribution in [3.8, 4) is 12.1 Å². The summed E-state index contributed by atoms with van der Waals surface area (Å²) >= 11 is 0. The summed E-state index contributed by atoms with van der Waals surface area (Å²) in [6.07, 6.45) is 5.48. The first-order valence-corrected chi connectivity index (χ1v) is 7.46. The quantitative estimate of drug-likeness (QED) is 0.721. The summed E-state index contributed by atoms with van der Waals surface area (Å²) in [5, 5.41) is 22.0. The van der Waals surface area contributed by atoms with Gasteiger partial charge in [-0.2, -0.15) is 15.6 Å². The summed E-state index contributed by atoms with van der Waals surface area (Å²) in [4.78, 5) is 8.34. The third-order valence-corrected chi connectivity index (χ3v) is 3.79. The van der Waals surface area contributed by atoms with Crippen molar-refractivity contribution in [2.24, 2.45) is 0 Å². The van der Waals surface area contributed by atoms with Gasteiger partial charge in [0.05, 0.1) is 17.2 Å². The Labute approximate surface area is 139 Å². The van der Waals surface area contributed by atoms with Crippen LogP contribution < -0.4 is 0 Å². The molecule has 0 saturated carbocycles. The Morgan fingerprint density at radius 1 is 1.00 bits per heavy atom.